The zero-order chi connectivity index (χ0) is 14.5. The van der Waals surface area contributed by atoms with Gasteiger partial charge in [0, 0.05) is 25.0 Å². The minimum atomic E-state index is -0.172. The first-order valence-electron chi connectivity index (χ1n) is 7.08. The minimum Gasteiger partial charge on any atom is -0.310 e. The predicted molar refractivity (Wildman–Crippen MR) is 79.1 cm³/mol. The maximum atomic E-state index is 13.5. The summed E-state index contributed by atoms with van der Waals surface area (Å²) in [5.74, 6) is -0.172. The largest absolute Gasteiger partial charge is 0.310 e. The molecule has 1 N–H and O–H groups in total. The van der Waals surface area contributed by atoms with E-state index in [0.29, 0.717) is 0 Å². The molecule has 1 aromatic carbocycles. The van der Waals surface area contributed by atoms with Gasteiger partial charge in [-0.05, 0) is 55.6 Å². The Bertz CT molecular complexity index is 563. The molecule has 1 unspecified atom stereocenters. The highest BCUT2D eigenvalue weighted by molar-refractivity contribution is 5.29. The second-order valence-electron chi connectivity index (χ2n) is 5.10. The van der Waals surface area contributed by atoms with Gasteiger partial charge in [-0.1, -0.05) is 13.0 Å². The van der Waals surface area contributed by atoms with Crippen molar-refractivity contribution >= 4 is 0 Å². The van der Waals surface area contributed by atoms with Crippen molar-refractivity contribution < 1.29 is 4.39 Å². The van der Waals surface area contributed by atoms with Gasteiger partial charge in [0.2, 0.25) is 0 Å². The van der Waals surface area contributed by atoms with E-state index in [-0.39, 0.29) is 11.9 Å². The van der Waals surface area contributed by atoms with E-state index >= 15 is 0 Å². The van der Waals surface area contributed by atoms with E-state index in [4.69, 9.17) is 0 Å². The Morgan fingerprint density at radius 2 is 2.15 bits per heavy atom. The standard InChI is InChI=1S/C16H22FN3/c1-4-18-16(8-7-14-9-10-19-20(14)3)15-11-13(17)6-5-12(15)2/h5-6,9-11,16,18H,4,7-8H2,1-3H3. The second-order valence-corrected chi connectivity index (χ2v) is 5.10. The molecule has 0 aliphatic heterocycles. The van der Waals surface area contributed by atoms with E-state index in [2.05, 4.69) is 17.3 Å². The number of hydrogen-bond acceptors (Lipinski definition) is 2. The lowest BCUT2D eigenvalue weighted by molar-refractivity contribution is 0.500. The van der Waals surface area contributed by atoms with E-state index in [9.17, 15) is 4.39 Å². The molecule has 1 heterocycles. The fourth-order valence-electron chi connectivity index (χ4n) is 2.54. The molecule has 0 spiro atoms. The van der Waals surface area contributed by atoms with Gasteiger partial charge in [-0.15, -0.1) is 0 Å². The van der Waals surface area contributed by atoms with Crippen LogP contribution in [0.4, 0.5) is 4.39 Å². The fourth-order valence-corrected chi connectivity index (χ4v) is 2.54. The van der Waals surface area contributed by atoms with Crippen molar-refractivity contribution in [1.29, 1.82) is 0 Å². The molecule has 0 amide bonds. The van der Waals surface area contributed by atoms with Crippen molar-refractivity contribution in [1.82, 2.24) is 15.1 Å². The molecule has 108 valence electrons. The highest BCUT2D eigenvalue weighted by atomic mass is 19.1. The van der Waals surface area contributed by atoms with Crippen LogP contribution in [0.1, 0.15) is 36.2 Å². The van der Waals surface area contributed by atoms with Gasteiger partial charge in [-0.25, -0.2) is 4.39 Å². The second kappa shape index (κ2) is 6.66. The maximum absolute atomic E-state index is 13.5. The van der Waals surface area contributed by atoms with Crippen LogP contribution >= 0.6 is 0 Å². The van der Waals surface area contributed by atoms with Gasteiger partial charge >= 0.3 is 0 Å². The molecule has 20 heavy (non-hydrogen) atoms. The average Bonchev–Trinajstić information content (AvgIpc) is 2.83. The van der Waals surface area contributed by atoms with Crippen LogP contribution in [0.25, 0.3) is 0 Å². The van der Waals surface area contributed by atoms with Crippen molar-refractivity contribution in [3.8, 4) is 0 Å². The molecule has 0 fully saturated rings. The van der Waals surface area contributed by atoms with Crippen molar-refractivity contribution in [2.24, 2.45) is 7.05 Å². The summed E-state index contributed by atoms with van der Waals surface area (Å²) in [6.45, 7) is 4.97. The van der Waals surface area contributed by atoms with E-state index in [0.717, 1.165) is 30.5 Å². The SMILES string of the molecule is CCNC(CCc1ccnn1C)c1cc(F)ccc1C. The number of hydrogen-bond donors (Lipinski definition) is 1. The van der Waals surface area contributed by atoms with Crippen molar-refractivity contribution in [3.05, 3.63) is 53.1 Å². The first-order valence-corrected chi connectivity index (χ1v) is 7.08. The summed E-state index contributed by atoms with van der Waals surface area (Å²) in [5.41, 5.74) is 3.37. The number of aryl methyl sites for hydroxylation is 3. The third kappa shape index (κ3) is 3.45. The quantitative estimate of drug-likeness (QED) is 0.877. The van der Waals surface area contributed by atoms with Gasteiger partial charge in [0.1, 0.15) is 5.82 Å². The normalized spacial score (nSPS) is 12.6. The summed E-state index contributed by atoms with van der Waals surface area (Å²) in [6.07, 6.45) is 3.66. The van der Waals surface area contributed by atoms with Crippen LogP contribution in [0.2, 0.25) is 0 Å². The molecule has 2 rings (SSSR count). The Hall–Kier alpha value is -1.68. The molecule has 0 saturated heterocycles. The lowest BCUT2D eigenvalue weighted by Crippen LogP contribution is -2.22. The Kier molecular flexibility index (Phi) is 4.90. The van der Waals surface area contributed by atoms with Crippen LogP contribution in [-0.2, 0) is 13.5 Å². The number of nitrogens with zero attached hydrogens (tertiary/aromatic N) is 2. The number of halogens is 1. The number of rotatable bonds is 6. The van der Waals surface area contributed by atoms with Crippen LogP contribution in [0, 0.1) is 12.7 Å². The highest BCUT2D eigenvalue weighted by Gasteiger charge is 2.14. The summed E-state index contributed by atoms with van der Waals surface area (Å²) in [7, 11) is 1.95. The zero-order valence-corrected chi connectivity index (χ0v) is 12.4. The Morgan fingerprint density at radius 3 is 2.80 bits per heavy atom. The van der Waals surface area contributed by atoms with Gasteiger partial charge in [0.05, 0.1) is 0 Å². The summed E-state index contributed by atoms with van der Waals surface area (Å²) >= 11 is 0. The van der Waals surface area contributed by atoms with Gasteiger partial charge in [-0.3, -0.25) is 4.68 Å². The van der Waals surface area contributed by atoms with Crippen LogP contribution in [-0.4, -0.2) is 16.3 Å². The molecule has 0 bridgehead atoms. The third-order valence-electron chi connectivity index (χ3n) is 3.68. The van der Waals surface area contributed by atoms with E-state index in [1.54, 1.807) is 6.07 Å². The fraction of sp³-hybridized carbons (Fsp3) is 0.438. The molecule has 1 atom stereocenters. The van der Waals surface area contributed by atoms with E-state index in [1.165, 1.54) is 11.8 Å². The zero-order valence-electron chi connectivity index (χ0n) is 12.4. The lowest BCUT2D eigenvalue weighted by atomic mass is 9.96. The van der Waals surface area contributed by atoms with E-state index in [1.807, 2.05) is 37.0 Å². The molecule has 0 saturated carbocycles. The minimum absolute atomic E-state index is 0.172. The lowest BCUT2D eigenvalue weighted by Gasteiger charge is -2.20. The third-order valence-corrected chi connectivity index (χ3v) is 3.68. The molecular formula is C16H22FN3. The Balaban J connectivity index is 2.14. The maximum Gasteiger partial charge on any atom is 0.123 e. The van der Waals surface area contributed by atoms with Gasteiger partial charge in [0.25, 0.3) is 0 Å². The highest BCUT2D eigenvalue weighted by Crippen LogP contribution is 2.23. The molecular weight excluding hydrogens is 253 g/mol. The summed E-state index contributed by atoms with van der Waals surface area (Å²) in [4.78, 5) is 0. The van der Waals surface area contributed by atoms with Gasteiger partial charge in [-0.2, -0.15) is 5.10 Å². The monoisotopic (exact) mass is 275 g/mol. The summed E-state index contributed by atoms with van der Waals surface area (Å²) in [6, 6.07) is 7.21. The molecule has 3 nitrogen and oxygen atoms in total. The van der Waals surface area contributed by atoms with Crippen molar-refractivity contribution in [3.63, 3.8) is 0 Å². The molecule has 0 aliphatic rings. The molecule has 0 radical (unpaired) electrons. The molecule has 4 heteroatoms. The first-order chi connectivity index (χ1) is 9.61. The van der Waals surface area contributed by atoms with Gasteiger partial charge in [0.15, 0.2) is 0 Å². The predicted octanol–water partition coefficient (Wildman–Crippen LogP) is 3.15. The number of benzene rings is 1. The Morgan fingerprint density at radius 1 is 1.35 bits per heavy atom. The van der Waals surface area contributed by atoms with Gasteiger partial charge < -0.3 is 5.32 Å². The van der Waals surface area contributed by atoms with Crippen LogP contribution in [0.15, 0.2) is 30.5 Å². The van der Waals surface area contributed by atoms with Crippen molar-refractivity contribution in [2.75, 3.05) is 6.54 Å². The van der Waals surface area contributed by atoms with E-state index < -0.39 is 0 Å². The summed E-state index contributed by atoms with van der Waals surface area (Å²) < 4.78 is 15.4. The van der Waals surface area contributed by atoms with Crippen LogP contribution in [0.5, 0.6) is 0 Å². The molecule has 0 aliphatic carbocycles. The Labute approximate surface area is 119 Å². The topological polar surface area (TPSA) is 29.9 Å². The van der Waals surface area contributed by atoms with Crippen LogP contribution in [0.3, 0.4) is 0 Å². The van der Waals surface area contributed by atoms with Crippen LogP contribution < -0.4 is 5.32 Å². The molecule has 1 aromatic heterocycles. The number of nitrogens with one attached hydrogen (secondary N) is 1. The van der Waals surface area contributed by atoms with Crippen molar-refractivity contribution in [2.45, 2.75) is 32.7 Å². The first kappa shape index (κ1) is 14.7. The molecule has 2 aromatic rings. The smallest absolute Gasteiger partial charge is 0.123 e. The number of aromatic nitrogens is 2. The average molecular weight is 275 g/mol. The summed E-state index contributed by atoms with van der Waals surface area (Å²) in [5, 5.41) is 7.63.